The van der Waals surface area contributed by atoms with E-state index in [4.69, 9.17) is 0 Å². The summed E-state index contributed by atoms with van der Waals surface area (Å²) in [5.74, 6) is 0. The van der Waals surface area contributed by atoms with Crippen LogP contribution in [0.25, 0.3) is 0 Å². The van der Waals surface area contributed by atoms with Gasteiger partial charge in [-0.1, -0.05) is 0 Å². The van der Waals surface area contributed by atoms with E-state index in [-0.39, 0.29) is 0 Å². The predicted molar refractivity (Wildman–Crippen MR) is 92.4 cm³/mol. The van der Waals surface area contributed by atoms with Crippen LogP contribution >= 0.6 is 0 Å². The number of hydrogen-bond donors (Lipinski definition) is 0. The van der Waals surface area contributed by atoms with E-state index in [1.54, 1.807) is 0 Å². The maximum atomic E-state index is 2.74. The van der Waals surface area contributed by atoms with Crippen LogP contribution in [0, 0.1) is 10.8 Å². The van der Waals surface area contributed by atoms with Gasteiger partial charge in [0.05, 0.1) is 0 Å². The van der Waals surface area contributed by atoms with E-state index >= 15 is 0 Å². The molecule has 20 heavy (non-hydrogen) atoms. The van der Waals surface area contributed by atoms with E-state index in [9.17, 15) is 0 Å². The Labute approximate surface area is 138 Å². The molecule has 0 aromatic rings. The van der Waals surface area contributed by atoms with Crippen LogP contribution in [0.3, 0.4) is 0 Å². The molecule has 4 rings (SSSR count). The van der Waals surface area contributed by atoms with Crippen LogP contribution in [0.15, 0.2) is 41.7 Å². The molecule has 2 unspecified atom stereocenters. The SMILES string of the molecule is CC(C)(C)C1=CC=[CH][Sn]2[CH]3C=[CH][Sn]([C](C(C)(C)C)=C3)[CH]12. The number of rotatable bonds is 0. The van der Waals surface area contributed by atoms with E-state index < -0.39 is 39.5 Å². The third-order valence-corrected chi connectivity index (χ3v) is 33.3. The second-order valence-electron chi connectivity index (χ2n) is 8.33. The van der Waals surface area contributed by atoms with Crippen LogP contribution in [-0.2, 0) is 0 Å². The molecule has 2 heteroatoms. The predicted octanol–water partition coefficient (Wildman–Crippen LogP) is 4.97. The molecule has 0 nitrogen and oxygen atoms in total. The summed E-state index contributed by atoms with van der Waals surface area (Å²) >= 11 is -3.04. The van der Waals surface area contributed by atoms with Gasteiger partial charge in [-0.15, -0.1) is 0 Å². The first-order valence-corrected chi connectivity index (χ1v) is 17.4. The van der Waals surface area contributed by atoms with Gasteiger partial charge >= 0.3 is 139 Å². The average molecular weight is 480 g/mol. The number of allylic oxidation sites excluding steroid dienone is 6. The zero-order valence-electron chi connectivity index (χ0n) is 13.6. The summed E-state index contributed by atoms with van der Waals surface area (Å²) in [5.41, 5.74) is 2.58. The molecule has 2 atom stereocenters. The van der Waals surface area contributed by atoms with E-state index in [2.05, 4.69) is 74.0 Å². The molecular formula is C18H26Sn2. The average Bonchev–Trinajstić information content (AvgIpc) is 2.36. The maximum absolute atomic E-state index is 2.74. The zero-order chi connectivity index (χ0) is 14.7. The van der Waals surface area contributed by atoms with Gasteiger partial charge in [0.2, 0.25) is 0 Å². The van der Waals surface area contributed by atoms with Crippen molar-refractivity contribution in [3.05, 3.63) is 41.7 Å². The molecule has 4 heterocycles. The van der Waals surface area contributed by atoms with Gasteiger partial charge in [-0.2, -0.15) is 0 Å². The Balaban J connectivity index is 2.07. The van der Waals surface area contributed by atoms with Crippen LogP contribution in [0.2, 0.25) is 5.88 Å². The van der Waals surface area contributed by atoms with Gasteiger partial charge in [0.25, 0.3) is 0 Å². The molecule has 106 valence electrons. The van der Waals surface area contributed by atoms with Crippen LogP contribution in [-0.4, -0.2) is 39.5 Å². The molecule has 0 spiro atoms. The summed E-state index contributed by atoms with van der Waals surface area (Å²) in [7, 11) is 0. The van der Waals surface area contributed by atoms with Gasteiger partial charge in [0, 0.05) is 0 Å². The second kappa shape index (κ2) is 5.04. The molecule has 0 saturated carbocycles. The van der Waals surface area contributed by atoms with Crippen molar-refractivity contribution in [2.24, 2.45) is 10.8 Å². The minimum atomic E-state index is -1.60. The zero-order valence-corrected chi connectivity index (χ0v) is 19.3. The third-order valence-electron chi connectivity index (χ3n) is 4.72. The van der Waals surface area contributed by atoms with Crippen molar-refractivity contribution >= 4 is 39.5 Å². The monoisotopic (exact) mass is 482 g/mol. The molecule has 0 N–H and O–H groups in total. The summed E-state index contributed by atoms with van der Waals surface area (Å²) in [4.78, 5) is 0. The van der Waals surface area contributed by atoms with Crippen molar-refractivity contribution in [2.45, 2.75) is 47.4 Å². The summed E-state index contributed by atoms with van der Waals surface area (Å²) in [6, 6.07) is 0. The molecule has 0 aliphatic carbocycles. The topological polar surface area (TPSA) is 0 Å². The van der Waals surface area contributed by atoms with Gasteiger partial charge in [-0.25, -0.2) is 0 Å². The Bertz CT molecular complexity index is 535. The van der Waals surface area contributed by atoms with Crippen molar-refractivity contribution in [2.75, 3.05) is 0 Å². The normalized spacial score (nSPS) is 30.3. The molecule has 0 aromatic carbocycles. The van der Waals surface area contributed by atoms with Gasteiger partial charge in [-0.3, -0.25) is 0 Å². The van der Waals surface area contributed by atoms with Gasteiger partial charge < -0.3 is 0 Å². The van der Waals surface area contributed by atoms with Crippen LogP contribution in [0.5, 0.6) is 0 Å². The molecular weight excluding hydrogens is 454 g/mol. The first-order valence-electron chi connectivity index (χ1n) is 7.73. The molecule has 0 saturated heterocycles. The Hall–Kier alpha value is 0.557. The van der Waals surface area contributed by atoms with Crippen molar-refractivity contribution in [3.8, 4) is 0 Å². The Morgan fingerprint density at radius 1 is 0.950 bits per heavy atom. The third kappa shape index (κ3) is 2.53. The van der Waals surface area contributed by atoms with Crippen molar-refractivity contribution in [1.29, 1.82) is 0 Å². The fraction of sp³-hybridized carbons (Fsp3) is 0.556. The number of hydrogen-bond acceptors (Lipinski definition) is 0. The van der Waals surface area contributed by atoms with E-state index in [0.29, 0.717) is 10.8 Å². The van der Waals surface area contributed by atoms with Crippen molar-refractivity contribution in [1.82, 2.24) is 0 Å². The Morgan fingerprint density at radius 2 is 1.65 bits per heavy atom. The van der Waals surface area contributed by atoms with Crippen LogP contribution in [0.4, 0.5) is 0 Å². The molecule has 4 aliphatic rings. The van der Waals surface area contributed by atoms with Gasteiger partial charge in [-0.05, 0) is 0 Å². The summed E-state index contributed by atoms with van der Waals surface area (Å²) in [6.45, 7) is 14.6. The first kappa shape index (κ1) is 15.5. The molecule has 2 bridgehead atoms. The van der Waals surface area contributed by atoms with Gasteiger partial charge in [0.1, 0.15) is 0 Å². The molecule has 0 amide bonds. The molecule has 2 radical (unpaired) electrons. The van der Waals surface area contributed by atoms with Crippen molar-refractivity contribution in [3.63, 3.8) is 0 Å². The molecule has 0 fully saturated rings. The molecule has 4 aliphatic heterocycles. The summed E-state index contributed by atoms with van der Waals surface area (Å²) in [6.07, 6.45) is 10.2. The molecule has 0 aromatic heterocycles. The van der Waals surface area contributed by atoms with Crippen LogP contribution < -0.4 is 0 Å². The van der Waals surface area contributed by atoms with E-state index in [1.807, 2.05) is 9.16 Å². The Kier molecular flexibility index (Phi) is 3.89. The Morgan fingerprint density at radius 3 is 2.25 bits per heavy atom. The van der Waals surface area contributed by atoms with E-state index in [0.717, 1.165) is 5.88 Å². The fourth-order valence-electron chi connectivity index (χ4n) is 3.74. The van der Waals surface area contributed by atoms with E-state index in [1.165, 1.54) is 0 Å². The summed E-state index contributed by atoms with van der Waals surface area (Å²) in [5, 5.41) is 0. The minimum absolute atomic E-state index is 0.364. The fourth-order valence-corrected chi connectivity index (χ4v) is 41.7. The first-order chi connectivity index (χ1) is 9.19. The standard InChI is InChI=1S/2C9H13.2Sn/c1-6-7-8(2)9(3,4)5;1-5-6-7-8-9(2,3)4;;/h1-2,6-7H,3-5H3;1,5-7H,2-4H3;;. The second-order valence-corrected chi connectivity index (χ2v) is 27.1. The van der Waals surface area contributed by atoms with Gasteiger partial charge in [0.15, 0.2) is 0 Å². The van der Waals surface area contributed by atoms with Crippen LogP contribution in [0.1, 0.15) is 41.5 Å². The van der Waals surface area contributed by atoms with Crippen molar-refractivity contribution < 1.29 is 0 Å². The summed E-state index contributed by atoms with van der Waals surface area (Å²) < 4.78 is 9.23. The quantitative estimate of drug-likeness (QED) is 0.430.